The molecule has 1 N–H and O–H groups in total. The van der Waals surface area contributed by atoms with Crippen LogP contribution < -0.4 is 10.1 Å². The fraction of sp³-hybridized carbons (Fsp3) is 0.214. The number of rotatable bonds is 2. The van der Waals surface area contributed by atoms with Gasteiger partial charge in [-0.1, -0.05) is 35.2 Å². The monoisotopic (exact) mass is 355 g/mol. The number of benzene rings is 1. The van der Waals surface area contributed by atoms with Crippen molar-refractivity contribution < 1.29 is 9.53 Å². The molecular weight excluding hydrogens is 341 g/mol. The minimum absolute atomic E-state index is 0.307. The van der Waals surface area contributed by atoms with E-state index in [9.17, 15) is 4.79 Å². The summed E-state index contributed by atoms with van der Waals surface area (Å²) in [5.41, 5.74) is 3.15. The maximum atomic E-state index is 10.8. The highest BCUT2D eigenvalue weighted by molar-refractivity contribution is 14.1. The molecule has 1 unspecified atom stereocenters. The van der Waals surface area contributed by atoms with Crippen LogP contribution in [0.15, 0.2) is 42.6 Å². The van der Waals surface area contributed by atoms with Gasteiger partial charge in [0.1, 0.15) is 5.75 Å². The molecule has 1 heterocycles. The van der Waals surface area contributed by atoms with Crippen LogP contribution in [0.5, 0.6) is 5.75 Å². The average Bonchev–Trinajstić information content (AvgIpc) is 2.33. The average molecular weight is 355 g/mol. The van der Waals surface area contributed by atoms with Gasteiger partial charge in [0.15, 0.2) is 0 Å². The Morgan fingerprint density at radius 2 is 2.11 bits per heavy atom. The Kier molecular flexibility index (Phi) is 4.06. The van der Waals surface area contributed by atoms with Crippen LogP contribution in [0.4, 0.5) is 0 Å². The maximum Gasteiger partial charge on any atom is 0.308 e. The molecule has 0 saturated heterocycles. The van der Waals surface area contributed by atoms with Gasteiger partial charge in [0, 0.05) is 18.3 Å². The molecule has 1 aromatic carbocycles. The fourth-order valence-electron chi connectivity index (χ4n) is 1.72. The molecule has 0 aromatic heterocycles. The van der Waals surface area contributed by atoms with Crippen molar-refractivity contribution in [2.24, 2.45) is 0 Å². The second-order valence-corrected chi connectivity index (χ2v) is 5.59. The number of esters is 1. The molecule has 1 aliphatic heterocycles. The lowest BCUT2D eigenvalue weighted by Crippen LogP contribution is -2.22. The van der Waals surface area contributed by atoms with E-state index in [1.165, 1.54) is 6.92 Å². The number of alkyl halides is 1. The molecule has 0 radical (unpaired) electrons. The maximum absolute atomic E-state index is 10.8. The van der Waals surface area contributed by atoms with Crippen molar-refractivity contribution >= 4 is 34.3 Å². The zero-order chi connectivity index (χ0) is 13.1. The molecule has 1 aliphatic rings. The van der Waals surface area contributed by atoms with E-state index >= 15 is 0 Å². The van der Waals surface area contributed by atoms with Gasteiger partial charge < -0.3 is 10.1 Å². The Morgan fingerprint density at radius 3 is 2.67 bits per heavy atom. The topological polar surface area (TPSA) is 38.3 Å². The molecule has 1 aromatic rings. The van der Waals surface area contributed by atoms with Crippen molar-refractivity contribution in [2.75, 3.05) is 0 Å². The minimum atomic E-state index is -0.307. The third-order valence-corrected chi connectivity index (χ3v) is 3.89. The van der Waals surface area contributed by atoms with E-state index in [0.29, 0.717) is 9.67 Å². The van der Waals surface area contributed by atoms with Gasteiger partial charge >= 0.3 is 5.97 Å². The van der Waals surface area contributed by atoms with Crippen LogP contribution in [0.3, 0.4) is 0 Å². The highest BCUT2D eigenvalue weighted by Crippen LogP contribution is 2.26. The molecule has 1 atom stereocenters. The van der Waals surface area contributed by atoms with Crippen LogP contribution in [0, 0.1) is 0 Å². The van der Waals surface area contributed by atoms with Gasteiger partial charge in [0.05, 0.1) is 3.92 Å². The lowest BCUT2D eigenvalue weighted by Gasteiger charge is -2.22. The van der Waals surface area contributed by atoms with E-state index in [2.05, 4.69) is 40.6 Å². The third kappa shape index (κ3) is 3.13. The van der Waals surface area contributed by atoms with E-state index in [-0.39, 0.29) is 5.97 Å². The highest BCUT2D eigenvalue weighted by Gasteiger charge is 2.15. The second kappa shape index (κ2) is 5.56. The number of allylic oxidation sites excluding steroid dienone is 2. The van der Waals surface area contributed by atoms with Crippen molar-refractivity contribution in [2.45, 2.75) is 17.3 Å². The molecule has 18 heavy (non-hydrogen) atoms. The number of carbonyl (C=O) groups is 1. The van der Waals surface area contributed by atoms with Crippen molar-refractivity contribution in [3.05, 3.63) is 48.2 Å². The van der Waals surface area contributed by atoms with Crippen LogP contribution in [0.2, 0.25) is 0 Å². The molecule has 0 saturated carbocycles. The van der Waals surface area contributed by atoms with Gasteiger partial charge in [-0.15, -0.1) is 0 Å². The molecule has 2 rings (SSSR count). The lowest BCUT2D eigenvalue weighted by molar-refractivity contribution is -0.131. The molecule has 3 nitrogen and oxygen atoms in total. The van der Waals surface area contributed by atoms with Crippen molar-refractivity contribution in [1.82, 2.24) is 5.32 Å². The lowest BCUT2D eigenvalue weighted by atomic mass is 10.1. The number of carbonyl (C=O) groups excluding carboxylic acids is 1. The zero-order valence-corrected chi connectivity index (χ0v) is 12.2. The number of hydrogen-bond acceptors (Lipinski definition) is 3. The molecule has 0 fully saturated rings. The highest BCUT2D eigenvalue weighted by atomic mass is 127. The van der Waals surface area contributed by atoms with Crippen LogP contribution in [-0.4, -0.2) is 9.89 Å². The Bertz CT molecular complexity index is 505. The summed E-state index contributed by atoms with van der Waals surface area (Å²) in [5, 5.41) is 3.29. The van der Waals surface area contributed by atoms with E-state index < -0.39 is 0 Å². The summed E-state index contributed by atoms with van der Waals surface area (Å²) in [6, 6.07) is 7.44. The Labute approximate surface area is 120 Å². The minimum Gasteiger partial charge on any atom is -0.427 e. The van der Waals surface area contributed by atoms with Crippen LogP contribution in [0.25, 0.3) is 5.70 Å². The molecule has 0 amide bonds. The van der Waals surface area contributed by atoms with Gasteiger partial charge in [-0.05, 0) is 36.2 Å². The van der Waals surface area contributed by atoms with Crippen molar-refractivity contribution in [1.29, 1.82) is 0 Å². The summed E-state index contributed by atoms with van der Waals surface area (Å²) in [4.78, 5) is 10.8. The predicted molar refractivity (Wildman–Crippen MR) is 80.4 cm³/mol. The van der Waals surface area contributed by atoms with E-state index in [4.69, 9.17) is 4.74 Å². The largest absolute Gasteiger partial charge is 0.427 e. The first kappa shape index (κ1) is 13.1. The smallest absolute Gasteiger partial charge is 0.308 e. The first-order valence-electron chi connectivity index (χ1n) is 5.65. The Hall–Kier alpha value is -1.30. The number of nitrogens with one attached hydrogen (secondary N) is 1. The summed E-state index contributed by atoms with van der Waals surface area (Å²) < 4.78 is 5.43. The number of halogens is 1. The Morgan fingerprint density at radius 1 is 1.44 bits per heavy atom. The third-order valence-electron chi connectivity index (χ3n) is 2.63. The van der Waals surface area contributed by atoms with Crippen LogP contribution in [-0.2, 0) is 4.79 Å². The van der Waals surface area contributed by atoms with E-state index in [1.807, 2.05) is 12.1 Å². The molecule has 94 valence electrons. The quantitative estimate of drug-likeness (QED) is 0.383. The van der Waals surface area contributed by atoms with Gasteiger partial charge in [0.2, 0.25) is 0 Å². The summed E-state index contributed by atoms with van der Waals surface area (Å²) in [6.45, 7) is 5.39. The standard InChI is InChI=1S/C14H14INO2/c1-9-13(15)7-8-14(16-9)11-3-5-12(6-4-11)18-10(2)17/h3-6,8,13,16H,1,7H2,2H3. The summed E-state index contributed by atoms with van der Waals surface area (Å²) in [5.74, 6) is 0.257. The van der Waals surface area contributed by atoms with Crippen LogP contribution in [0.1, 0.15) is 18.9 Å². The summed E-state index contributed by atoms with van der Waals surface area (Å²) in [6.07, 6.45) is 3.14. The van der Waals surface area contributed by atoms with E-state index in [1.54, 1.807) is 12.1 Å². The van der Waals surface area contributed by atoms with Gasteiger partial charge in [-0.25, -0.2) is 0 Å². The summed E-state index contributed by atoms with van der Waals surface area (Å²) >= 11 is 2.37. The molecule has 0 bridgehead atoms. The molecule has 0 spiro atoms. The first-order valence-corrected chi connectivity index (χ1v) is 6.89. The summed E-state index contributed by atoms with van der Waals surface area (Å²) in [7, 11) is 0. The Balaban J connectivity index is 2.15. The SMILES string of the molecule is C=C1NC(c2ccc(OC(C)=O)cc2)=CCC1I. The van der Waals surface area contributed by atoms with Gasteiger partial charge in [-0.3, -0.25) is 4.79 Å². The normalized spacial score (nSPS) is 18.9. The van der Waals surface area contributed by atoms with Gasteiger partial charge in [0.25, 0.3) is 0 Å². The van der Waals surface area contributed by atoms with E-state index in [0.717, 1.165) is 23.4 Å². The second-order valence-electron chi connectivity index (χ2n) is 4.09. The number of ether oxygens (including phenoxy) is 1. The fourth-order valence-corrected chi connectivity index (χ4v) is 2.13. The zero-order valence-electron chi connectivity index (χ0n) is 10.1. The predicted octanol–water partition coefficient (Wildman–Crippen LogP) is 3.26. The molecular formula is C14H14INO2. The first-order chi connectivity index (χ1) is 8.56. The molecule has 4 heteroatoms. The van der Waals surface area contributed by atoms with Gasteiger partial charge in [-0.2, -0.15) is 0 Å². The van der Waals surface area contributed by atoms with Crippen molar-refractivity contribution in [3.8, 4) is 5.75 Å². The van der Waals surface area contributed by atoms with Crippen LogP contribution >= 0.6 is 22.6 Å². The van der Waals surface area contributed by atoms with Crippen molar-refractivity contribution in [3.63, 3.8) is 0 Å². The molecule has 0 aliphatic carbocycles. The number of hydrogen-bond donors (Lipinski definition) is 1.